The van der Waals surface area contributed by atoms with Crippen molar-refractivity contribution in [3.63, 3.8) is 0 Å². The van der Waals surface area contributed by atoms with Gasteiger partial charge in [0, 0.05) is 16.7 Å². The highest BCUT2D eigenvalue weighted by Crippen LogP contribution is 2.24. The average molecular weight is 335 g/mol. The minimum atomic E-state index is -0.0163. The molecule has 3 nitrogen and oxygen atoms in total. The summed E-state index contributed by atoms with van der Waals surface area (Å²) in [4.78, 5) is 0. The zero-order valence-electron chi connectivity index (χ0n) is 11.2. The van der Waals surface area contributed by atoms with E-state index in [1.54, 1.807) is 0 Å². The molecule has 2 rings (SSSR count). The lowest BCUT2D eigenvalue weighted by Gasteiger charge is -2.19. The van der Waals surface area contributed by atoms with Crippen LogP contribution in [0.2, 0.25) is 0 Å². The molecular weight excluding hydrogens is 316 g/mol. The van der Waals surface area contributed by atoms with E-state index in [0.717, 1.165) is 22.1 Å². The van der Waals surface area contributed by atoms with E-state index in [-0.39, 0.29) is 12.6 Å². The van der Waals surface area contributed by atoms with E-state index < -0.39 is 0 Å². The number of nitrogens with two attached hydrogens (primary N) is 1. The molecule has 2 aromatic carbocycles. The van der Waals surface area contributed by atoms with Crippen LogP contribution in [-0.4, -0.2) is 17.8 Å². The molecule has 0 bridgehead atoms. The topological polar surface area (TPSA) is 58.3 Å². The molecule has 2 aromatic rings. The van der Waals surface area contributed by atoms with Gasteiger partial charge in [0.15, 0.2) is 0 Å². The van der Waals surface area contributed by atoms with Gasteiger partial charge in [0.05, 0.1) is 12.6 Å². The van der Waals surface area contributed by atoms with Crippen molar-refractivity contribution in [3.8, 4) is 0 Å². The molecule has 0 aliphatic rings. The van der Waals surface area contributed by atoms with Crippen LogP contribution in [0.15, 0.2) is 53.0 Å². The monoisotopic (exact) mass is 334 g/mol. The van der Waals surface area contributed by atoms with Crippen molar-refractivity contribution in [3.05, 3.63) is 64.1 Å². The number of benzene rings is 2. The van der Waals surface area contributed by atoms with Crippen LogP contribution in [0.1, 0.15) is 11.1 Å². The molecule has 20 heavy (non-hydrogen) atoms. The minimum Gasteiger partial charge on any atom is -0.394 e. The third-order valence-corrected chi connectivity index (χ3v) is 3.83. The number of nitrogens with one attached hydrogen (secondary N) is 1. The van der Waals surface area contributed by atoms with Gasteiger partial charge in [-0.25, -0.2) is 0 Å². The van der Waals surface area contributed by atoms with E-state index >= 15 is 0 Å². The maximum absolute atomic E-state index is 9.54. The van der Waals surface area contributed by atoms with Crippen molar-refractivity contribution >= 4 is 21.6 Å². The zero-order valence-corrected chi connectivity index (χ0v) is 12.8. The van der Waals surface area contributed by atoms with Gasteiger partial charge in [-0.2, -0.15) is 0 Å². The Morgan fingerprint density at radius 1 is 1.10 bits per heavy atom. The van der Waals surface area contributed by atoms with Crippen LogP contribution < -0.4 is 11.1 Å². The second-order valence-electron chi connectivity index (χ2n) is 4.73. The first-order valence-corrected chi connectivity index (χ1v) is 7.42. The summed E-state index contributed by atoms with van der Waals surface area (Å²) in [5.74, 6) is 0. The van der Waals surface area contributed by atoms with E-state index in [4.69, 9.17) is 5.73 Å². The van der Waals surface area contributed by atoms with Crippen molar-refractivity contribution in [2.45, 2.75) is 19.0 Å². The molecule has 0 saturated heterocycles. The number of hydrogen-bond donors (Lipinski definition) is 3. The summed E-state index contributed by atoms with van der Waals surface area (Å²) in [6, 6.07) is 16.1. The molecule has 1 atom stereocenters. The average Bonchev–Trinajstić information content (AvgIpc) is 2.49. The van der Waals surface area contributed by atoms with Gasteiger partial charge in [0.1, 0.15) is 0 Å². The van der Waals surface area contributed by atoms with Gasteiger partial charge in [-0.05, 0) is 45.6 Å². The highest BCUT2D eigenvalue weighted by molar-refractivity contribution is 9.10. The Morgan fingerprint density at radius 2 is 1.85 bits per heavy atom. The standard InChI is InChI=1S/C16H19BrN2O/c17-15-9-13(10-18)6-7-16(15)19-14(11-20)8-12-4-2-1-3-5-12/h1-7,9,14,19-20H,8,10-11,18H2. The molecule has 0 radical (unpaired) electrons. The first-order chi connectivity index (χ1) is 9.72. The third-order valence-electron chi connectivity index (χ3n) is 3.17. The Labute approximate surface area is 127 Å². The van der Waals surface area contributed by atoms with Gasteiger partial charge in [-0.15, -0.1) is 0 Å². The number of anilines is 1. The number of hydrogen-bond acceptors (Lipinski definition) is 3. The van der Waals surface area contributed by atoms with E-state index in [1.807, 2.05) is 36.4 Å². The molecule has 0 spiro atoms. The largest absolute Gasteiger partial charge is 0.394 e. The molecule has 1 unspecified atom stereocenters. The molecule has 0 fully saturated rings. The van der Waals surface area contributed by atoms with Crippen molar-refractivity contribution in [2.24, 2.45) is 5.73 Å². The maximum Gasteiger partial charge on any atom is 0.0636 e. The fourth-order valence-corrected chi connectivity index (χ4v) is 2.62. The predicted molar refractivity (Wildman–Crippen MR) is 86.7 cm³/mol. The zero-order chi connectivity index (χ0) is 14.4. The van der Waals surface area contributed by atoms with Crippen molar-refractivity contribution < 1.29 is 5.11 Å². The lowest BCUT2D eigenvalue weighted by atomic mass is 10.1. The number of rotatable bonds is 6. The Bertz CT molecular complexity index is 545. The molecule has 0 heterocycles. The van der Waals surface area contributed by atoms with Gasteiger partial charge in [-0.3, -0.25) is 0 Å². The smallest absolute Gasteiger partial charge is 0.0636 e. The molecule has 4 N–H and O–H groups in total. The predicted octanol–water partition coefficient (Wildman–Crippen LogP) is 2.92. The van der Waals surface area contributed by atoms with Crippen LogP contribution >= 0.6 is 15.9 Å². The second-order valence-corrected chi connectivity index (χ2v) is 5.59. The van der Waals surface area contributed by atoms with E-state index in [0.29, 0.717) is 6.54 Å². The fraction of sp³-hybridized carbons (Fsp3) is 0.250. The van der Waals surface area contributed by atoms with Crippen LogP contribution in [0.4, 0.5) is 5.69 Å². The number of aliphatic hydroxyl groups is 1. The van der Waals surface area contributed by atoms with Crippen LogP contribution in [0.25, 0.3) is 0 Å². The summed E-state index contributed by atoms with van der Waals surface area (Å²) < 4.78 is 0.965. The Morgan fingerprint density at radius 3 is 2.45 bits per heavy atom. The Kier molecular flexibility index (Phi) is 5.59. The van der Waals surface area contributed by atoms with Gasteiger partial charge < -0.3 is 16.2 Å². The van der Waals surface area contributed by atoms with E-state index in [1.165, 1.54) is 5.56 Å². The summed E-state index contributed by atoms with van der Waals surface area (Å²) in [7, 11) is 0. The molecule has 106 valence electrons. The van der Waals surface area contributed by atoms with Crippen molar-refractivity contribution in [1.82, 2.24) is 0 Å². The summed E-state index contributed by atoms with van der Waals surface area (Å²) >= 11 is 3.53. The summed E-state index contributed by atoms with van der Waals surface area (Å²) in [6.07, 6.45) is 0.780. The molecule has 0 aliphatic carbocycles. The first-order valence-electron chi connectivity index (χ1n) is 6.62. The highest BCUT2D eigenvalue weighted by Gasteiger charge is 2.10. The van der Waals surface area contributed by atoms with Crippen molar-refractivity contribution in [1.29, 1.82) is 0 Å². The van der Waals surface area contributed by atoms with E-state index in [2.05, 4.69) is 33.4 Å². The Balaban J connectivity index is 2.06. The third kappa shape index (κ3) is 4.07. The summed E-state index contributed by atoms with van der Waals surface area (Å²) in [5.41, 5.74) is 8.86. The normalized spacial score (nSPS) is 12.2. The van der Waals surface area contributed by atoms with E-state index in [9.17, 15) is 5.11 Å². The fourth-order valence-electron chi connectivity index (χ4n) is 2.08. The molecule has 0 saturated carbocycles. The van der Waals surface area contributed by atoms with Crippen molar-refractivity contribution in [2.75, 3.05) is 11.9 Å². The quantitative estimate of drug-likeness (QED) is 0.761. The number of aliphatic hydroxyl groups excluding tert-OH is 1. The maximum atomic E-state index is 9.54. The second kappa shape index (κ2) is 7.43. The molecule has 0 aromatic heterocycles. The lowest BCUT2D eigenvalue weighted by Crippen LogP contribution is -2.26. The highest BCUT2D eigenvalue weighted by atomic mass is 79.9. The number of halogens is 1. The van der Waals surface area contributed by atoms with Gasteiger partial charge in [0.25, 0.3) is 0 Å². The van der Waals surface area contributed by atoms with Gasteiger partial charge >= 0.3 is 0 Å². The van der Waals surface area contributed by atoms with Crippen LogP contribution in [0, 0.1) is 0 Å². The van der Waals surface area contributed by atoms with Crippen LogP contribution in [-0.2, 0) is 13.0 Å². The SMILES string of the molecule is NCc1ccc(NC(CO)Cc2ccccc2)c(Br)c1. The van der Waals surface area contributed by atoms with Crippen LogP contribution in [0.5, 0.6) is 0 Å². The van der Waals surface area contributed by atoms with Gasteiger partial charge in [0.2, 0.25) is 0 Å². The molecule has 0 aliphatic heterocycles. The summed E-state index contributed by atoms with van der Waals surface area (Å²) in [5, 5.41) is 12.9. The van der Waals surface area contributed by atoms with Gasteiger partial charge in [-0.1, -0.05) is 36.4 Å². The Hall–Kier alpha value is -1.36. The molecular formula is C16H19BrN2O. The molecule has 0 amide bonds. The summed E-state index contributed by atoms with van der Waals surface area (Å²) in [6.45, 7) is 0.603. The minimum absolute atomic E-state index is 0.0163. The lowest BCUT2D eigenvalue weighted by molar-refractivity contribution is 0.273. The first kappa shape index (κ1) is 15.0. The molecule has 4 heteroatoms. The van der Waals surface area contributed by atoms with Crippen LogP contribution in [0.3, 0.4) is 0 Å².